The number of carbonyl (C=O) groups is 1. The highest BCUT2D eigenvalue weighted by atomic mass is 16.4. The van der Waals surface area contributed by atoms with E-state index in [-0.39, 0.29) is 5.56 Å². The second-order valence-corrected chi connectivity index (χ2v) is 4.47. The average molecular weight is 219 g/mol. The topological polar surface area (TPSA) is 56.7 Å². The number of aromatic carboxylic acids is 1. The molecule has 16 heavy (non-hydrogen) atoms. The third-order valence-corrected chi connectivity index (χ3v) is 3.28. The Morgan fingerprint density at radius 2 is 1.88 bits per heavy atom. The standard InChI is InChI=1S/C13H17NO2/c15-13(16)11-7-5-10(6-8-11)9-14-12-3-1-2-4-12/h5-8,12,14H,1-4,9H2,(H,15,16). The summed E-state index contributed by atoms with van der Waals surface area (Å²) in [6.45, 7) is 0.942. The van der Waals surface area contributed by atoms with E-state index in [0.29, 0.717) is 0 Å². The number of carbonyl (C=O) groups excluding carboxylic acids is 1. The molecule has 1 aromatic rings. The first-order valence-corrected chi connectivity index (χ1v) is 5.89. The van der Waals surface area contributed by atoms with Gasteiger partial charge in [-0.1, -0.05) is 24.3 Å². The van der Waals surface area contributed by atoms with Crippen LogP contribution in [0, 0.1) is 0 Å². The van der Waals surface area contributed by atoms with E-state index in [1.165, 1.54) is 31.2 Å². The van der Waals surface area contributed by atoms with Crippen molar-refractivity contribution in [3.63, 3.8) is 0 Å². The van der Waals surface area contributed by atoms with Crippen molar-refractivity contribution in [2.24, 2.45) is 0 Å². The van der Waals surface area contributed by atoms with Gasteiger partial charge in [-0.2, -0.15) is 0 Å². The zero-order valence-electron chi connectivity index (χ0n) is 9.32. The maximum absolute atomic E-state index is 10.6. The van der Waals surface area contributed by atoms with Gasteiger partial charge in [-0.05, 0) is 31.2 Å². The van der Waals surface area contributed by atoms with Crippen molar-refractivity contribution in [1.82, 2.24) is 0 Å². The fourth-order valence-corrected chi connectivity index (χ4v) is 2.27. The highest BCUT2D eigenvalue weighted by Gasteiger charge is 2.17. The van der Waals surface area contributed by atoms with Gasteiger partial charge >= 0.3 is 0 Å². The Bertz CT molecular complexity index is 353. The van der Waals surface area contributed by atoms with Crippen LogP contribution in [0.25, 0.3) is 0 Å². The van der Waals surface area contributed by atoms with E-state index in [0.717, 1.165) is 12.6 Å². The SMILES string of the molecule is O=C([O-])c1ccc(C[NH2+]C2CCCC2)cc1. The van der Waals surface area contributed by atoms with E-state index in [4.69, 9.17) is 0 Å². The second kappa shape index (κ2) is 5.12. The number of carboxylic acid groups (broad SMARTS) is 1. The summed E-state index contributed by atoms with van der Waals surface area (Å²) in [6.07, 6.45) is 5.34. The van der Waals surface area contributed by atoms with Crippen LogP contribution in [0.4, 0.5) is 0 Å². The predicted octanol–water partition coefficient (Wildman–Crippen LogP) is 0.0561. The molecule has 1 saturated carbocycles. The van der Waals surface area contributed by atoms with Gasteiger partial charge in [-0.15, -0.1) is 0 Å². The summed E-state index contributed by atoms with van der Waals surface area (Å²) in [5.41, 5.74) is 1.43. The maximum atomic E-state index is 10.6. The molecule has 0 amide bonds. The largest absolute Gasteiger partial charge is 0.545 e. The summed E-state index contributed by atoms with van der Waals surface area (Å²) in [5, 5.41) is 12.9. The number of quaternary nitrogens is 1. The lowest BCUT2D eigenvalue weighted by Crippen LogP contribution is -2.87. The van der Waals surface area contributed by atoms with Gasteiger partial charge in [0.25, 0.3) is 0 Å². The first-order valence-electron chi connectivity index (χ1n) is 5.89. The quantitative estimate of drug-likeness (QED) is 0.778. The van der Waals surface area contributed by atoms with Crippen molar-refractivity contribution in [3.05, 3.63) is 35.4 Å². The van der Waals surface area contributed by atoms with Gasteiger partial charge in [0, 0.05) is 5.56 Å². The van der Waals surface area contributed by atoms with Gasteiger partial charge in [-0.25, -0.2) is 0 Å². The Hall–Kier alpha value is -1.35. The first-order chi connectivity index (χ1) is 7.75. The van der Waals surface area contributed by atoms with E-state index < -0.39 is 5.97 Å². The van der Waals surface area contributed by atoms with Gasteiger partial charge in [0.05, 0.1) is 12.0 Å². The minimum atomic E-state index is -1.11. The molecule has 0 atom stereocenters. The molecule has 1 aromatic carbocycles. The highest BCUT2D eigenvalue weighted by Crippen LogP contribution is 2.14. The molecule has 0 heterocycles. The number of hydrogen-bond donors (Lipinski definition) is 1. The van der Waals surface area contributed by atoms with Crippen LogP contribution in [0.3, 0.4) is 0 Å². The Morgan fingerprint density at radius 1 is 1.25 bits per heavy atom. The molecule has 86 valence electrons. The third kappa shape index (κ3) is 2.83. The van der Waals surface area contributed by atoms with Crippen LogP contribution in [0.5, 0.6) is 0 Å². The van der Waals surface area contributed by atoms with Crippen molar-refractivity contribution < 1.29 is 15.2 Å². The number of carboxylic acids is 1. The number of rotatable bonds is 4. The van der Waals surface area contributed by atoms with Crippen LogP contribution in [-0.2, 0) is 6.54 Å². The fraction of sp³-hybridized carbons (Fsp3) is 0.462. The summed E-state index contributed by atoms with van der Waals surface area (Å²) in [7, 11) is 0. The van der Waals surface area contributed by atoms with E-state index in [2.05, 4.69) is 5.32 Å². The lowest BCUT2D eigenvalue weighted by molar-refractivity contribution is -0.703. The number of hydrogen-bond acceptors (Lipinski definition) is 2. The van der Waals surface area contributed by atoms with Crippen molar-refractivity contribution in [2.75, 3.05) is 0 Å². The van der Waals surface area contributed by atoms with Crippen LogP contribution >= 0.6 is 0 Å². The fourth-order valence-electron chi connectivity index (χ4n) is 2.27. The smallest absolute Gasteiger partial charge is 0.101 e. The zero-order valence-corrected chi connectivity index (χ0v) is 9.32. The second-order valence-electron chi connectivity index (χ2n) is 4.47. The number of benzene rings is 1. The van der Waals surface area contributed by atoms with Crippen LogP contribution in [-0.4, -0.2) is 12.0 Å². The minimum absolute atomic E-state index is 0.254. The molecule has 2 N–H and O–H groups in total. The summed E-state index contributed by atoms with van der Waals surface area (Å²) in [5.74, 6) is -1.11. The predicted molar refractivity (Wildman–Crippen MR) is 58.7 cm³/mol. The van der Waals surface area contributed by atoms with E-state index in [1.54, 1.807) is 12.1 Å². The molecule has 1 aliphatic rings. The first kappa shape index (κ1) is 11.1. The number of nitrogens with two attached hydrogens (primary N) is 1. The molecule has 3 heteroatoms. The molecule has 1 aliphatic carbocycles. The van der Waals surface area contributed by atoms with Gasteiger partial charge in [0.1, 0.15) is 6.54 Å². The van der Waals surface area contributed by atoms with Crippen LogP contribution in [0.15, 0.2) is 24.3 Å². The zero-order chi connectivity index (χ0) is 11.4. The van der Waals surface area contributed by atoms with E-state index in [9.17, 15) is 9.90 Å². The molecule has 0 aliphatic heterocycles. The molecule has 0 radical (unpaired) electrons. The van der Waals surface area contributed by atoms with E-state index >= 15 is 0 Å². The van der Waals surface area contributed by atoms with Gasteiger partial charge in [0.2, 0.25) is 0 Å². The Balaban J connectivity index is 1.87. The van der Waals surface area contributed by atoms with Crippen molar-refractivity contribution in [3.8, 4) is 0 Å². The third-order valence-electron chi connectivity index (χ3n) is 3.28. The molecular formula is C13H17NO2. The van der Waals surface area contributed by atoms with Gasteiger partial charge < -0.3 is 15.2 Å². The van der Waals surface area contributed by atoms with Gasteiger partial charge in [-0.3, -0.25) is 0 Å². The van der Waals surface area contributed by atoms with E-state index in [1.807, 2.05) is 12.1 Å². The summed E-state index contributed by atoms with van der Waals surface area (Å²) in [6, 6.07) is 7.74. The molecule has 0 spiro atoms. The van der Waals surface area contributed by atoms with Crippen molar-refractivity contribution in [2.45, 2.75) is 38.3 Å². The Morgan fingerprint density at radius 3 is 2.44 bits per heavy atom. The van der Waals surface area contributed by atoms with Crippen molar-refractivity contribution >= 4 is 5.97 Å². The molecule has 3 nitrogen and oxygen atoms in total. The molecular weight excluding hydrogens is 202 g/mol. The van der Waals surface area contributed by atoms with Crippen LogP contribution in [0.1, 0.15) is 41.6 Å². The van der Waals surface area contributed by atoms with Crippen LogP contribution in [0.2, 0.25) is 0 Å². The maximum Gasteiger partial charge on any atom is 0.101 e. The minimum Gasteiger partial charge on any atom is -0.545 e. The normalized spacial score (nSPS) is 16.5. The molecule has 0 saturated heterocycles. The summed E-state index contributed by atoms with van der Waals surface area (Å²) < 4.78 is 0. The highest BCUT2D eigenvalue weighted by molar-refractivity contribution is 5.85. The monoisotopic (exact) mass is 219 g/mol. The van der Waals surface area contributed by atoms with Crippen molar-refractivity contribution in [1.29, 1.82) is 0 Å². The molecule has 0 unspecified atom stereocenters. The Kier molecular flexibility index (Phi) is 3.57. The molecule has 0 aromatic heterocycles. The lowest BCUT2D eigenvalue weighted by Gasteiger charge is -2.09. The lowest BCUT2D eigenvalue weighted by atomic mass is 10.1. The van der Waals surface area contributed by atoms with Crippen LogP contribution < -0.4 is 10.4 Å². The molecule has 0 bridgehead atoms. The van der Waals surface area contributed by atoms with Gasteiger partial charge in [0.15, 0.2) is 0 Å². The summed E-state index contributed by atoms with van der Waals surface area (Å²) >= 11 is 0. The molecule has 1 fully saturated rings. The Labute approximate surface area is 95.5 Å². The average Bonchev–Trinajstić information content (AvgIpc) is 2.80. The summed E-state index contributed by atoms with van der Waals surface area (Å²) in [4.78, 5) is 10.6. The molecule has 2 rings (SSSR count).